The number of esters is 1. The maximum atomic E-state index is 14.0. The molecule has 2 aromatic heterocycles. The predicted molar refractivity (Wildman–Crippen MR) is 167 cm³/mol. The van der Waals surface area contributed by atoms with E-state index < -0.39 is 12.0 Å². The lowest BCUT2D eigenvalue weighted by atomic mass is 9.97. The SMILES string of the molecule is CCOC(=O)C1=C(c2ccccc2)N=c2s/c(=C\c3cccc(OCc4ccccc4C#N)c3)c(=O)n2[C@H]1c1cccs1. The summed E-state index contributed by atoms with van der Waals surface area (Å²) in [6.45, 7) is 2.21. The quantitative estimate of drug-likeness (QED) is 0.220. The molecule has 1 atom stereocenters. The van der Waals surface area contributed by atoms with Crippen molar-refractivity contribution in [3.8, 4) is 11.8 Å². The Morgan fingerprint density at radius 1 is 1.05 bits per heavy atom. The number of thiazole rings is 1. The summed E-state index contributed by atoms with van der Waals surface area (Å²) >= 11 is 2.75. The van der Waals surface area contributed by atoms with Gasteiger partial charge in [-0.15, -0.1) is 11.3 Å². The number of thiophene rings is 1. The van der Waals surface area contributed by atoms with Gasteiger partial charge in [-0.1, -0.05) is 78.1 Å². The highest BCUT2D eigenvalue weighted by atomic mass is 32.1. The minimum absolute atomic E-state index is 0.201. The smallest absolute Gasteiger partial charge is 0.338 e. The Kier molecular flexibility index (Phi) is 8.13. The second-order valence-corrected chi connectivity index (χ2v) is 11.6. The molecule has 0 saturated carbocycles. The molecular weight excluding hydrogens is 579 g/mol. The van der Waals surface area contributed by atoms with E-state index in [0.29, 0.717) is 31.9 Å². The van der Waals surface area contributed by atoms with Crippen LogP contribution in [-0.4, -0.2) is 17.1 Å². The first-order valence-electron chi connectivity index (χ1n) is 13.6. The molecule has 0 saturated heterocycles. The summed E-state index contributed by atoms with van der Waals surface area (Å²) in [5.74, 6) is 0.113. The van der Waals surface area contributed by atoms with E-state index in [4.69, 9.17) is 14.5 Å². The number of carbonyl (C=O) groups is 1. The maximum Gasteiger partial charge on any atom is 0.338 e. The number of ether oxygens (including phenoxy) is 2. The van der Waals surface area contributed by atoms with Crippen molar-refractivity contribution in [2.75, 3.05) is 6.61 Å². The molecule has 1 aliphatic rings. The van der Waals surface area contributed by atoms with E-state index in [-0.39, 0.29) is 18.8 Å². The van der Waals surface area contributed by atoms with Crippen molar-refractivity contribution in [3.05, 3.63) is 149 Å². The van der Waals surface area contributed by atoms with Gasteiger partial charge in [-0.2, -0.15) is 5.26 Å². The largest absolute Gasteiger partial charge is 0.489 e. The van der Waals surface area contributed by atoms with Crippen molar-refractivity contribution >= 4 is 40.4 Å². The van der Waals surface area contributed by atoms with Crippen molar-refractivity contribution < 1.29 is 14.3 Å². The number of nitrogens with zero attached hydrogens (tertiary/aromatic N) is 3. The van der Waals surface area contributed by atoms with Crippen molar-refractivity contribution in [1.29, 1.82) is 5.26 Å². The zero-order valence-electron chi connectivity index (χ0n) is 23.1. The van der Waals surface area contributed by atoms with Gasteiger partial charge in [-0.05, 0) is 48.2 Å². The molecule has 0 bridgehead atoms. The molecule has 0 N–H and O–H groups in total. The molecule has 0 fully saturated rings. The lowest BCUT2D eigenvalue weighted by Crippen LogP contribution is -2.39. The number of aromatic nitrogens is 1. The average Bonchev–Trinajstić information content (AvgIpc) is 3.68. The molecule has 0 unspecified atom stereocenters. The highest BCUT2D eigenvalue weighted by Gasteiger charge is 2.35. The summed E-state index contributed by atoms with van der Waals surface area (Å²) in [6.07, 6.45) is 1.81. The van der Waals surface area contributed by atoms with Gasteiger partial charge in [0.2, 0.25) is 0 Å². The van der Waals surface area contributed by atoms with Gasteiger partial charge in [0.1, 0.15) is 18.4 Å². The van der Waals surface area contributed by atoms with Crippen LogP contribution < -0.4 is 19.6 Å². The van der Waals surface area contributed by atoms with Gasteiger partial charge >= 0.3 is 5.97 Å². The van der Waals surface area contributed by atoms with Crippen molar-refractivity contribution in [3.63, 3.8) is 0 Å². The van der Waals surface area contributed by atoms with E-state index in [0.717, 1.165) is 21.6 Å². The molecule has 3 heterocycles. The van der Waals surface area contributed by atoms with E-state index >= 15 is 0 Å². The summed E-state index contributed by atoms with van der Waals surface area (Å²) in [7, 11) is 0. The minimum atomic E-state index is -0.678. The lowest BCUT2D eigenvalue weighted by molar-refractivity contribution is -0.138. The summed E-state index contributed by atoms with van der Waals surface area (Å²) in [6, 6.07) is 29.6. The third-order valence-corrected chi connectivity index (χ3v) is 8.78. The fourth-order valence-corrected chi connectivity index (χ4v) is 6.74. The Bertz CT molecular complexity index is 2050. The monoisotopic (exact) mass is 603 g/mol. The lowest BCUT2D eigenvalue weighted by Gasteiger charge is -2.24. The van der Waals surface area contributed by atoms with Gasteiger partial charge in [0.15, 0.2) is 4.80 Å². The summed E-state index contributed by atoms with van der Waals surface area (Å²) < 4.78 is 13.6. The Hall–Kier alpha value is -5.04. The van der Waals surface area contributed by atoms with Crippen molar-refractivity contribution in [1.82, 2.24) is 4.57 Å². The van der Waals surface area contributed by atoms with Crippen molar-refractivity contribution in [2.45, 2.75) is 19.6 Å². The van der Waals surface area contributed by atoms with Gasteiger partial charge in [-0.3, -0.25) is 9.36 Å². The standard InChI is InChI=1S/C34H25N3O4S2/c1-2-40-33(39)29-30(23-11-4-3-5-12-23)36-34-37(31(29)27-16-9-17-42-27)32(38)28(43-34)19-22-10-8-15-26(18-22)41-21-25-14-7-6-13-24(25)20-35/h3-19,31H,2,21H2,1H3/b28-19-/t31-/m0/s1. The number of nitriles is 1. The van der Waals surface area contributed by atoms with E-state index in [1.165, 1.54) is 22.7 Å². The third-order valence-electron chi connectivity index (χ3n) is 6.87. The molecule has 0 aliphatic carbocycles. The maximum absolute atomic E-state index is 14.0. The van der Waals surface area contributed by atoms with Crippen molar-refractivity contribution in [2.24, 2.45) is 4.99 Å². The minimum Gasteiger partial charge on any atom is -0.489 e. The number of fused-ring (bicyclic) bond motifs is 1. The fraction of sp³-hybridized carbons (Fsp3) is 0.118. The molecule has 9 heteroatoms. The predicted octanol–water partition coefficient (Wildman–Crippen LogP) is 5.45. The molecule has 5 aromatic rings. The molecule has 43 heavy (non-hydrogen) atoms. The van der Waals surface area contributed by atoms with Gasteiger partial charge in [0.25, 0.3) is 5.56 Å². The summed E-state index contributed by atoms with van der Waals surface area (Å²) in [5, 5.41) is 11.3. The topological polar surface area (TPSA) is 93.7 Å². The molecule has 0 radical (unpaired) electrons. The normalized spacial score (nSPS) is 14.5. The van der Waals surface area contributed by atoms with Crippen LogP contribution in [0.15, 0.2) is 112 Å². The van der Waals surface area contributed by atoms with E-state index in [2.05, 4.69) is 6.07 Å². The van der Waals surface area contributed by atoms with E-state index in [9.17, 15) is 14.9 Å². The van der Waals surface area contributed by atoms with Gasteiger partial charge in [0.05, 0.1) is 34.0 Å². The Labute approximate surface area is 255 Å². The number of rotatable bonds is 8. The second kappa shape index (κ2) is 12.4. The van der Waals surface area contributed by atoms with Crippen LogP contribution in [0.4, 0.5) is 0 Å². The molecule has 3 aromatic carbocycles. The molecule has 0 amide bonds. The van der Waals surface area contributed by atoms with E-state index in [1.807, 2.05) is 96.4 Å². The first-order valence-corrected chi connectivity index (χ1v) is 15.3. The van der Waals surface area contributed by atoms with E-state index in [1.54, 1.807) is 17.6 Å². The molecular formula is C34H25N3O4S2. The van der Waals surface area contributed by atoms with Crippen LogP contribution >= 0.6 is 22.7 Å². The Morgan fingerprint density at radius 2 is 1.86 bits per heavy atom. The third kappa shape index (κ3) is 5.71. The zero-order valence-corrected chi connectivity index (χ0v) is 24.7. The fourth-order valence-electron chi connectivity index (χ4n) is 4.92. The first-order chi connectivity index (χ1) is 21.1. The van der Waals surface area contributed by atoms with Crippen LogP contribution in [0.3, 0.4) is 0 Å². The van der Waals surface area contributed by atoms with Crippen LogP contribution in [0.1, 0.15) is 40.1 Å². The number of hydrogen-bond acceptors (Lipinski definition) is 8. The first kappa shape index (κ1) is 28.1. The molecule has 212 valence electrons. The zero-order chi connectivity index (χ0) is 29.8. The van der Waals surface area contributed by atoms with Crippen LogP contribution in [0.25, 0.3) is 11.8 Å². The van der Waals surface area contributed by atoms with Gasteiger partial charge in [0, 0.05) is 16.0 Å². The summed E-state index contributed by atoms with van der Waals surface area (Å²) in [4.78, 5) is 33.7. The number of hydrogen-bond donors (Lipinski definition) is 0. The highest BCUT2D eigenvalue weighted by molar-refractivity contribution is 7.10. The van der Waals surface area contributed by atoms with Gasteiger partial charge < -0.3 is 9.47 Å². The Morgan fingerprint density at radius 3 is 2.63 bits per heavy atom. The molecule has 1 aliphatic heterocycles. The number of carbonyl (C=O) groups excluding carboxylic acids is 1. The highest BCUT2D eigenvalue weighted by Crippen LogP contribution is 2.36. The second-order valence-electron chi connectivity index (χ2n) is 9.58. The molecule has 7 nitrogen and oxygen atoms in total. The average molecular weight is 604 g/mol. The van der Waals surface area contributed by atoms with Crippen LogP contribution in [-0.2, 0) is 16.1 Å². The molecule has 0 spiro atoms. The Balaban J connectivity index is 1.44. The van der Waals surface area contributed by atoms with Crippen LogP contribution in [0.2, 0.25) is 0 Å². The molecule has 6 rings (SSSR count). The number of benzene rings is 3. The summed E-state index contributed by atoms with van der Waals surface area (Å²) in [5.41, 5.74) is 3.50. The van der Waals surface area contributed by atoms with Gasteiger partial charge in [-0.25, -0.2) is 9.79 Å². The van der Waals surface area contributed by atoms with Crippen LogP contribution in [0, 0.1) is 11.3 Å². The van der Waals surface area contributed by atoms with Crippen LogP contribution in [0.5, 0.6) is 5.75 Å².